The van der Waals surface area contributed by atoms with Crippen LogP contribution in [0.15, 0.2) is 36.4 Å². The minimum atomic E-state index is -0.219. The number of aryl methyl sites for hydroxylation is 1. The molecule has 1 N–H and O–H groups in total. The van der Waals surface area contributed by atoms with Gasteiger partial charge in [-0.05, 0) is 48.7 Å². The molecule has 0 spiro atoms. The molecular formula is C17H17FN2O. The van der Waals surface area contributed by atoms with Gasteiger partial charge in [0.2, 0.25) is 0 Å². The molecule has 0 amide bonds. The zero-order chi connectivity index (χ0) is 15.2. The van der Waals surface area contributed by atoms with E-state index >= 15 is 0 Å². The number of hydrogen-bond donors (Lipinski definition) is 1. The molecule has 2 aromatic carbocycles. The zero-order valence-corrected chi connectivity index (χ0v) is 12.1. The third kappa shape index (κ3) is 3.73. The Balaban J connectivity index is 2.05. The van der Waals surface area contributed by atoms with Gasteiger partial charge in [-0.15, -0.1) is 0 Å². The van der Waals surface area contributed by atoms with E-state index in [1.54, 1.807) is 31.4 Å². The van der Waals surface area contributed by atoms with E-state index in [1.807, 2.05) is 6.92 Å². The third-order valence-electron chi connectivity index (χ3n) is 3.36. The van der Waals surface area contributed by atoms with Crippen LogP contribution in [0.25, 0.3) is 0 Å². The molecule has 0 fully saturated rings. The van der Waals surface area contributed by atoms with Gasteiger partial charge in [0.25, 0.3) is 0 Å². The Hall–Kier alpha value is -2.54. The molecule has 0 bridgehead atoms. The number of ether oxygens (including phenoxy) is 1. The van der Waals surface area contributed by atoms with Gasteiger partial charge in [-0.25, -0.2) is 4.39 Å². The van der Waals surface area contributed by atoms with Crippen molar-refractivity contribution in [3.05, 3.63) is 58.9 Å². The summed E-state index contributed by atoms with van der Waals surface area (Å²) in [7, 11) is 1.59. The molecule has 4 heteroatoms. The molecule has 0 unspecified atom stereocenters. The molecule has 0 radical (unpaired) electrons. The molecule has 0 aliphatic rings. The average molecular weight is 284 g/mol. The van der Waals surface area contributed by atoms with Gasteiger partial charge >= 0.3 is 0 Å². The van der Waals surface area contributed by atoms with Crippen molar-refractivity contribution in [1.82, 2.24) is 0 Å². The molecule has 3 nitrogen and oxygen atoms in total. The average Bonchev–Trinajstić information content (AvgIpc) is 2.49. The maximum absolute atomic E-state index is 13.1. The van der Waals surface area contributed by atoms with Crippen LogP contribution in [0.4, 0.5) is 10.1 Å². The highest BCUT2D eigenvalue weighted by Crippen LogP contribution is 2.22. The van der Waals surface area contributed by atoms with Crippen LogP contribution in [0.3, 0.4) is 0 Å². The minimum absolute atomic E-state index is 0.219. The number of rotatable bonds is 5. The normalized spacial score (nSPS) is 10.0. The second-order valence-electron chi connectivity index (χ2n) is 4.77. The number of nitriles is 1. The fraction of sp³-hybridized carbons (Fsp3) is 0.235. The summed E-state index contributed by atoms with van der Waals surface area (Å²) in [6.07, 6.45) is 0.758. The fourth-order valence-corrected chi connectivity index (χ4v) is 2.17. The van der Waals surface area contributed by atoms with Crippen LogP contribution < -0.4 is 10.1 Å². The smallest absolute Gasteiger partial charge is 0.123 e. The zero-order valence-electron chi connectivity index (χ0n) is 12.1. The maximum Gasteiger partial charge on any atom is 0.123 e. The SMILES string of the molecule is COc1ccc(C#N)c(NCCc2ccc(F)cc2C)c1. The lowest BCUT2D eigenvalue weighted by Crippen LogP contribution is -2.07. The van der Waals surface area contributed by atoms with E-state index in [1.165, 1.54) is 12.1 Å². The molecule has 108 valence electrons. The monoisotopic (exact) mass is 284 g/mol. The quantitative estimate of drug-likeness (QED) is 0.911. The predicted octanol–water partition coefficient (Wildman–Crippen LogP) is 3.67. The van der Waals surface area contributed by atoms with Crippen LogP contribution in [-0.4, -0.2) is 13.7 Å². The summed E-state index contributed by atoms with van der Waals surface area (Å²) in [6.45, 7) is 2.55. The highest BCUT2D eigenvalue weighted by atomic mass is 19.1. The number of benzene rings is 2. The van der Waals surface area contributed by atoms with Crippen LogP contribution in [0.5, 0.6) is 5.75 Å². The minimum Gasteiger partial charge on any atom is -0.497 e. The maximum atomic E-state index is 13.1. The van der Waals surface area contributed by atoms with Crippen LogP contribution >= 0.6 is 0 Å². The first-order chi connectivity index (χ1) is 10.1. The van der Waals surface area contributed by atoms with Crippen molar-refractivity contribution >= 4 is 5.69 Å². The lowest BCUT2D eigenvalue weighted by molar-refractivity contribution is 0.415. The van der Waals surface area contributed by atoms with Crippen LogP contribution in [0, 0.1) is 24.1 Å². The molecule has 0 aromatic heterocycles. The molecule has 0 saturated carbocycles. The number of hydrogen-bond acceptors (Lipinski definition) is 3. The second-order valence-corrected chi connectivity index (χ2v) is 4.77. The molecule has 21 heavy (non-hydrogen) atoms. The van der Waals surface area contributed by atoms with Gasteiger partial charge in [-0.3, -0.25) is 0 Å². The molecule has 0 heterocycles. The van der Waals surface area contributed by atoms with E-state index in [0.717, 1.165) is 23.2 Å². The van der Waals surface area contributed by atoms with E-state index in [-0.39, 0.29) is 5.82 Å². The summed E-state index contributed by atoms with van der Waals surface area (Å²) in [5.41, 5.74) is 3.34. The van der Waals surface area contributed by atoms with Crippen molar-refractivity contribution < 1.29 is 9.13 Å². The third-order valence-corrected chi connectivity index (χ3v) is 3.36. The fourth-order valence-electron chi connectivity index (χ4n) is 2.17. The summed E-state index contributed by atoms with van der Waals surface area (Å²) in [6, 6.07) is 12.2. The van der Waals surface area contributed by atoms with Gasteiger partial charge in [-0.1, -0.05) is 6.07 Å². The standard InChI is InChI=1S/C17H17FN2O/c1-12-9-15(18)5-3-13(12)7-8-20-17-10-16(21-2)6-4-14(17)11-19/h3-6,9-10,20H,7-8H2,1-2H3. The lowest BCUT2D eigenvalue weighted by Gasteiger charge is -2.11. The Morgan fingerprint density at radius 3 is 2.71 bits per heavy atom. The molecule has 2 rings (SSSR count). The van der Waals surface area contributed by atoms with Crippen molar-refractivity contribution in [2.75, 3.05) is 19.0 Å². The summed E-state index contributed by atoms with van der Waals surface area (Å²) < 4.78 is 18.2. The van der Waals surface area contributed by atoms with Crippen LogP contribution in [0.2, 0.25) is 0 Å². The van der Waals surface area contributed by atoms with E-state index in [2.05, 4.69) is 11.4 Å². The Morgan fingerprint density at radius 1 is 1.24 bits per heavy atom. The van der Waals surface area contributed by atoms with Crippen molar-refractivity contribution in [2.45, 2.75) is 13.3 Å². The van der Waals surface area contributed by atoms with Gasteiger partial charge in [-0.2, -0.15) is 5.26 Å². The van der Waals surface area contributed by atoms with Crippen LogP contribution in [0.1, 0.15) is 16.7 Å². The molecule has 0 saturated heterocycles. The summed E-state index contributed by atoms with van der Waals surface area (Å²) in [4.78, 5) is 0. The first kappa shape index (κ1) is 14.9. The predicted molar refractivity (Wildman–Crippen MR) is 81.0 cm³/mol. The molecule has 0 atom stereocenters. The lowest BCUT2D eigenvalue weighted by atomic mass is 10.1. The highest BCUT2D eigenvalue weighted by molar-refractivity contribution is 5.60. The van der Waals surface area contributed by atoms with Gasteiger partial charge in [0.15, 0.2) is 0 Å². The van der Waals surface area contributed by atoms with E-state index in [0.29, 0.717) is 17.9 Å². The number of methoxy groups -OCH3 is 1. The summed E-state index contributed by atoms with van der Waals surface area (Å²) in [5.74, 6) is 0.484. The van der Waals surface area contributed by atoms with Gasteiger partial charge < -0.3 is 10.1 Å². The first-order valence-corrected chi connectivity index (χ1v) is 6.71. The van der Waals surface area contributed by atoms with Gasteiger partial charge in [0.1, 0.15) is 17.6 Å². The topological polar surface area (TPSA) is 45.0 Å². The Labute approximate surface area is 124 Å². The number of anilines is 1. The van der Waals surface area contributed by atoms with E-state index in [4.69, 9.17) is 10.00 Å². The summed E-state index contributed by atoms with van der Waals surface area (Å²) >= 11 is 0. The van der Waals surface area contributed by atoms with E-state index in [9.17, 15) is 4.39 Å². The van der Waals surface area contributed by atoms with Gasteiger partial charge in [0.05, 0.1) is 18.4 Å². The summed E-state index contributed by atoms with van der Waals surface area (Å²) in [5, 5.41) is 12.3. The van der Waals surface area contributed by atoms with Crippen molar-refractivity contribution in [3.63, 3.8) is 0 Å². The molecular weight excluding hydrogens is 267 g/mol. The first-order valence-electron chi connectivity index (χ1n) is 6.71. The largest absolute Gasteiger partial charge is 0.497 e. The Bertz CT molecular complexity index is 677. The van der Waals surface area contributed by atoms with Crippen LogP contribution in [-0.2, 0) is 6.42 Å². The van der Waals surface area contributed by atoms with Crippen molar-refractivity contribution in [1.29, 1.82) is 5.26 Å². The second kappa shape index (κ2) is 6.76. The van der Waals surface area contributed by atoms with E-state index < -0.39 is 0 Å². The van der Waals surface area contributed by atoms with Crippen molar-refractivity contribution in [3.8, 4) is 11.8 Å². The Morgan fingerprint density at radius 2 is 2.05 bits per heavy atom. The number of nitrogens with one attached hydrogen (secondary N) is 1. The Kier molecular flexibility index (Phi) is 4.78. The highest BCUT2D eigenvalue weighted by Gasteiger charge is 2.05. The van der Waals surface area contributed by atoms with Gasteiger partial charge in [0, 0.05) is 12.6 Å². The number of nitrogens with zero attached hydrogens (tertiary/aromatic N) is 1. The van der Waals surface area contributed by atoms with Crippen molar-refractivity contribution in [2.24, 2.45) is 0 Å². The number of halogens is 1. The molecule has 2 aromatic rings. The molecule has 0 aliphatic heterocycles. The molecule has 0 aliphatic carbocycles.